The van der Waals surface area contributed by atoms with Gasteiger partial charge in [-0.25, -0.2) is 0 Å². The molecule has 2 aliphatic rings. The molecule has 1 N–H and O–H groups in total. The third kappa shape index (κ3) is 3.64. The van der Waals surface area contributed by atoms with Crippen LogP contribution in [0.15, 0.2) is 18.2 Å². The van der Waals surface area contributed by atoms with Gasteiger partial charge in [-0.05, 0) is 23.1 Å². The summed E-state index contributed by atoms with van der Waals surface area (Å²) in [6.07, 6.45) is 1.80. The minimum absolute atomic E-state index is 0.0260. The summed E-state index contributed by atoms with van der Waals surface area (Å²) in [6.45, 7) is 0.490. The third-order valence-electron chi connectivity index (χ3n) is 4.20. The zero-order chi connectivity index (χ0) is 17.5. The Morgan fingerprint density at radius 1 is 1.38 bits per heavy atom. The van der Waals surface area contributed by atoms with Crippen molar-refractivity contribution in [2.24, 2.45) is 0 Å². The summed E-state index contributed by atoms with van der Waals surface area (Å²) in [4.78, 5) is 25.3. The molecule has 130 valence electrons. The van der Waals surface area contributed by atoms with E-state index < -0.39 is 16.2 Å². The first-order chi connectivity index (χ1) is 11.2. The van der Waals surface area contributed by atoms with Crippen LogP contribution < -0.4 is 5.32 Å². The van der Waals surface area contributed by atoms with Crippen molar-refractivity contribution in [3.05, 3.63) is 34.9 Å². The maximum absolute atomic E-state index is 12.1. The lowest BCUT2D eigenvalue weighted by molar-refractivity contribution is -0.137. The Morgan fingerprint density at radius 3 is 2.79 bits per heavy atom. The summed E-state index contributed by atoms with van der Waals surface area (Å²) < 4.78 is 27.0. The van der Waals surface area contributed by atoms with Gasteiger partial charge < -0.3 is 0 Å². The van der Waals surface area contributed by atoms with E-state index in [2.05, 4.69) is 17.9 Å². The second-order valence-electron chi connectivity index (χ2n) is 6.01. The number of fused-ring (bicyclic) bond motifs is 1. The van der Waals surface area contributed by atoms with Gasteiger partial charge in [-0.1, -0.05) is 18.2 Å². The van der Waals surface area contributed by atoms with Crippen LogP contribution in [-0.4, -0.2) is 37.4 Å². The highest BCUT2D eigenvalue weighted by Crippen LogP contribution is 2.39. The van der Waals surface area contributed by atoms with Crippen LogP contribution in [0.25, 0.3) is 0 Å². The molecule has 0 bridgehead atoms. The van der Waals surface area contributed by atoms with Crippen LogP contribution in [0.4, 0.5) is 0 Å². The smallest absolute Gasteiger partial charge is 0.264 e. The number of carbonyl (C=O) groups excluding carboxylic acids is 2. The molecular weight excluding hydrogens is 352 g/mol. The molecule has 0 aliphatic carbocycles. The number of piperidine rings is 1. The van der Waals surface area contributed by atoms with Gasteiger partial charge in [0.15, 0.2) is 0 Å². The van der Waals surface area contributed by atoms with Crippen molar-refractivity contribution in [2.75, 3.05) is 6.26 Å². The number of nitrogens with one attached hydrogen (secondary N) is 1. The van der Waals surface area contributed by atoms with Gasteiger partial charge in [-0.15, -0.1) is 0 Å². The SMILES string of the molecule is CS(=O)(=O)OCc1ccc2c(c1)CN(C1CCC(=O)NC1=O)C2S. The van der Waals surface area contributed by atoms with Crippen LogP contribution in [0.5, 0.6) is 0 Å². The molecule has 2 aliphatic heterocycles. The zero-order valence-electron chi connectivity index (χ0n) is 13.1. The third-order valence-corrected chi connectivity index (χ3v) is 5.32. The predicted octanol–water partition coefficient (Wildman–Crippen LogP) is 0.712. The quantitative estimate of drug-likeness (QED) is 0.461. The Morgan fingerprint density at radius 2 is 2.12 bits per heavy atom. The molecule has 7 nitrogen and oxygen atoms in total. The average Bonchev–Trinajstić information content (AvgIpc) is 2.81. The van der Waals surface area contributed by atoms with E-state index in [0.29, 0.717) is 19.4 Å². The molecular formula is C15H18N2O5S2. The number of carbonyl (C=O) groups is 2. The van der Waals surface area contributed by atoms with Gasteiger partial charge in [0.25, 0.3) is 10.1 Å². The highest BCUT2D eigenvalue weighted by atomic mass is 32.2. The van der Waals surface area contributed by atoms with Gasteiger partial charge >= 0.3 is 0 Å². The molecule has 24 heavy (non-hydrogen) atoms. The zero-order valence-corrected chi connectivity index (χ0v) is 14.8. The van der Waals surface area contributed by atoms with Gasteiger partial charge in [-0.2, -0.15) is 21.0 Å². The van der Waals surface area contributed by atoms with Crippen molar-refractivity contribution in [1.82, 2.24) is 10.2 Å². The normalized spacial score (nSPS) is 24.8. The van der Waals surface area contributed by atoms with Crippen LogP contribution in [0.3, 0.4) is 0 Å². The molecule has 0 saturated carbocycles. The van der Waals surface area contributed by atoms with Gasteiger partial charge in [-0.3, -0.25) is 24.0 Å². The molecule has 3 rings (SSSR count). The van der Waals surface area contributed by atoms with E-state index in [-0.39, 0.29) is 23.8 Å². The topological polar surface area (TPSA) is 92.8 Å². The summed E-state index contributed by atoms with van der Waals surface area (Å²) >= 11 is 4.61. The Balaban J connectivity index is 1.76. The maximum Gasteiger partial charge on any atom is 0.264 e. The van der Waals surface area contributed by atoms with Gasteiger partial charge in [0, 0.05) is 13.0 Å². The van der Waals surface area contributed by atoms with Crippen LogP contribution in [0, 0.1) is 0 Å². The first-order valence-corrected chi connectivity index (χ1v) is 9.81. The van der Waals surface area contributed by atoms with Crippen molar-refractivity contribution in [1.29, 1.82) is 0 Å². The molecule has 1 saturated heterocycles. The largest absolute Gasteiger partial charge is 0.295 e. The maximum atomic E-state index is 12.1. The van der Waals surface area contributed by atoms with Crippen molar-refractivity contribution in [3.8, 4) is 0 Å². The lowest BCUT2D eigenvalue weighted by Gasteiger charge is -2.32. The van der Waals surface area contributed by atoms with Gasteiger partial charge in [0.05, 0.1) is 24.3 Å². The molecule has 1 aromatic rings. The number of imide groups is 1. The molecule has 2 unspecified atom stereocenters. The van der Waals surface area contributed by atoms with E-state index in [4.69, 9.17) is 4.18 Å². The fraction of sp³-hybridized carbons (Fsp3) is 0.467. The van der Waals surface area contributed by atoms with E-state index in [1.54, 1.807) is 6.07 Å². The molecule has 0 aromatic heterocycles. The Labute approximate surface area is 145 Å². The molecule has 0 radical (unpaired) electrons. The second kappa shape index (κ2) is 6.47. The number of rotatable bonds is 4. The van der Waals surface area contributed by atoms with Crippen LogP contribution >= 0.6 is 12.6 Å². The van der Waals surface area contributed by atoms with Crippen molar-refractivity contribution < 1.29 is 22.2 Å². The van der Waals surface area contributed by atoms with Gasteiger partial charge in [0.2, 0.25) is 11.8 Å². The van der Waals surface area contributed by atoms with E-state index >= 15 is 0 Å². The van der Waals surface area contributed by atoms with Crippen molar-refractivity contribution in [3.63, 3.8) is 0 Å². The first kappa shape index (κ1) is 17.4. The van der Waals surface area contributed by atoms with Crippen LogP contribution in [-0.2, 0) is 37.0 Å². The molecule has 9 heteroatoms. The number of hydrogen-bond acceptors (Lipinski definition) is 7. The second-order valence-corrected chi connectivity index (χ2v) is 8.15. The summed E-state index contributed by atoms with van der Waals surface area (Å²) in [7, 11) is -3.50. The lowest BCUT2D eigenvalue weighted by atomic mass is 10.0. The Hall–Kier alpha value is -1.42. The Kier molecular flexibility index (Phi) is 4.69. The standard InChI is InChI=1S/C15H18N2O5S2/c1-24(20,21)22-8-9-2-3-11-10(6-9)7-17(15(11)23)12-4-5-13(18)16-14(12)19/h2-3,6,12,15,23H,4-5,7-8H2,1H3,(H,16,18,19). The monoisotopic (exact) mass is 370 g/mol. The van der Waals surface area contributed by atoms with Crippen LogP contribution in [0.1, 0.15) is 34.9 Å². The van der Waals surface area contributed by atoms with Gasteiger partial charge in [0.1, 0.15) is 0 Å². The molecule has 2 heterocycles. The highest BCUT2D eigenvalue weighted by Gasteiger charge is 2.39. The summed E-state index contributed by atoms with van der Waals surface area (Å²) in [5.41, 5.74) is 2.70. The molecule has 0 spiro atoms. The van der Waals surface area contributed by atoms with Crippen molar-refractivity contribution in [2.45, 2.75) is 37.4 Å². The van der Waals surface area contributed by atoms with E-state index in [1.807, 2.05) is 17.0 Å². The first-order valence-electron chi connectivity index (χ1n) is 7.48. The highest BCUT2D eigenvalue weighted by molar-refractivity contribution is 7.85. The predicted molar refractivity (Wildman–Crippen MR) is 89.5 cm³/mol. The minimum atomic E-state index is -3.50. The van der Waals surface area contributed by atoms with E-state index in [9.17, 15) is 18.0 Å². The molecule has 1 aromatic carbocycles. The van der Waals surface area contributed by atoms with E-state index in [0.717, 1.165) is 22.9 Å². The molecule has 2 amide bonds. The number of benzene rings is 1. The number of amides is 2. The number of hydrogen-bond donors (Lipinski definition) is 2. The summed E-state index contributed by atoms with van der Waals surface area (Å²) in [5, 5.41) is 2.12. The fourth-order valence-electron chi connectivity index (χ4n) is 3.05. The Bertz CT molecular complexity index is 793. The minimum Gasteiger partial charge on any atom is -0.295 e. The fourth-order valence-corrected chi connectivity index (χ4v) is 3.90. The summed E-state index contributed by atoms with van der Waals surface area (Å²) in [6, 6.07) is 5.14. The molecule has 2 atom stereocenters. The summed E-state index contributed by atoms with van der Waals surface area (Å²) in [5.74, 6) is -0.539. The van der Waals surface area contributed by atoms with Crippen LogP contribution in [0.2, 0.25) is 0 Å². The lowest BCUT2D eigenvalue weighted by Crippen LogP contribution is -2.51. The number of thiol groups is 1. The molecule has 1 fully saturated rings. The average molecular weight is 370 g/mol. The van der Waals surface area contributed by atoms with E-state index in [1.165, 1.54) is 0 Å². The van der Waals surface area contributed by atoms with Crippen molar-refractivity contribution >= 4 is 34.6 Å². The number of nitrogens with zero attached hydrogens (tertiary/aromatic N) is 1.